The van der Waals surface area contributed by atoms with E-state index in [1.165, 1.54) is 72.0 Å². The predicted octanol–water partition coefficient (Wildman–Crippen LogP) is 3.45. The second-order valence-electron chi connectivity index (χ2n) is 8.39. The molecule has 9 nitrogen and oxygen atoms in total. The van der Waals surface area contributed by atoms with Crippen LogP contribution < -0.4 is 14.4 Å². The van der Waals surface area contributed by atoms with Crippen molar-refractivity contribution in [3.63, 3.8) is 0 Å². The molecule has 4 rings (SSSR count). The molecule has 0 radical (unpaired) electrons. The zero-order chi connectivity index (χ0) is 26.6. The largest absolute Gasteiger partial charge is 0.484 e. The molecular weight excluding hydrogens is 521 g/mol. The first-order chi connectivity index (χ1) is 17.6. The number of hydrogen-bond donors (Lipinski definition) is 1. The summed E-state index contributed by atoms with van der Waals surface area (Å²) in [5.74, 6) is -0.636. The summed E-state index contributed by atoms with van der Waals surface area (Å²) >= 11 is 0. The van der Waals surface area contributed by atoms with Gasteiger partial charge in [0.2, 0.25) is 10.0 Å². The highest BCUT2D eigenvalue weighted by molar-refractivity contribution is 7.92. The Morgan fingerprint density at radius 2 is 1.46 bits per heavy atom. The fraction of sp³-hybridized carbons (Fsp3) is 0.240. The highest BCUT2D eigenvalue weighted by Gasteiger charge is 2.27. The van der Waals surface area contributed by atoms with Gasteiger partial charge in [-0.25, -0.2) is 21.2 Å². The number of hydrogen-bond acceptors (Lipinski definition) is 6. The van der Waals surface area contributed by atoms with Crippen LogP contribution in [0.4, 0.5) is 15.8 Å². The number of rotatable bonds is 9. The van der Waals surface area contributed by atoms with Crippen molar-refractivity contribution in [1.29, 1.82) is 0 Å². The molecule has 1 heterocycles. The maximum atomic E-state index is 13.1. The van der Waals surface area contributed by atoms with E-state index in [4.69, 9.17) is 4.74 Å². The molecule has 1 amide bonds. The normalized spacial score (nSPS) is 14.3. The number of amides is 1. The number of halogens is 1. The Kier molecular flexibility index (Phi) is 7.81. The molecule has 0 aliphatic carbocycles. The van der Waals surface area contributed by atoms with Crippen LogP contribution in [0.5, 0.6) is 5.75 Å². The fourth-order valence-corrected chi connectivity index (χ4v) is 6.50. The first-order valence-electron chi connectivity index (χ1n) is 11.4. The van der Waals surface area contributed by atoms with E-state index in [1.54, 1.807) is 0 Å². The highest BCUT2D eigenvalue weighted by Crippen LogP contribution is 2.25. The lowest BCUT2D eigenvalue weighted by Gasteiger charge is -2.20. The van der Waals surface area contributed by atoms with Gasteiger partial charge in [0.05, 0.1) is 15.5 Å². The van der Waals surface area contributed by atoms with E-state index in [1.807, 2.05) is 0 Å². The van der Waals surface area contributed by atoms with Crippen molar-refractivity contribution in [2.75, 3.05) is 36.4 Å². The summed E-state index contributed by atoms with van der Waals surface area (Å²) in [7, 11) is -6.03. The van der Waals surface area contributed by atoms with E-state index in [0.717, 1.165) is 29.3 Å². The van der Waals surface area contributed by atoms with E-state index < -0.39 is 31.8 Å². The zero-order valence-electron chi connectivity index (χ0n) is 20.0. The summed E-state index contributed by atoms with van der Waals surface area (Å²) in [5.41, 5.74) is 0.780. The summed E-state index contributed by atoms with van der Waals surface area (Å²) in [6.07, 6.45) is 1.70. The van der Waals surface area contributed by atoms with Gasteiger partial charge in [0.1, 0.15) is 11.6 Å². The van der Waals surface area contributed by atoms with Gasteiger partial charge >= 0.3 is 0 Å². The van der Waals surface area contributed by atoms with Crippen molar-refractivity contribution in [3.8, 4) is 5.75 Å². The molecule has 0 aromatic heterocycles. The first-order valence-corrected chi connectivity index (χ1v) is 14.3. The Labute approximate surface area is 215 Å². The zero-order valence-corrected chi connectivity index (χ0v) is 21.6. The summed E-state index contributed by atoms with van der Waals surface area (Å²) in [4.78, 5) is 12.4. The summed E-state index contributed by atoms with van der Waals surface area (Å²) in [5, 5.41) is 2.65. The number of sulfonamides is 2. The molecule has 37 heavy (non-hydrogen) atoms. The third-order valence-corrected chi connectivity index (χ3v) is 9.60. The molecule has 0 saturated carbocycles. The van der Waals surface area contributed by atoms with Crippen molar-refractivity contribution in [3.05, 3.63) is 78.6 Å². The molecule has 3 aromatic carbocycles. The Morgan fingerprint density at radius 1 is 0.892 bits per heavy atom. The minimum absolute atomic E-state index is 0.0462. The van der Waals surface area contributed by atoms with Gasteiger partial charge in [-0.05, 0) is 85.6 Å². The maximum Gasteiger partial charge on any atom is 0.264 e. The van der Waals surface area contributed by atoms with Gasteiger partial charge in [0, 0.05) is 25.8 Å². The van der Waals surface area contributed by atoms with E-state index in [0.29, 0.717) is 30.2 Å². The summed E-state index contributed by atoms with van der Waals surface area (Å²) in [6.45, 7) is 0.718. The van der Waals surface area contributed by atoms with Crippen LogP contribution in [-0.2, 0) is 24.8 Å². The minimum Gasteiger partial charge on any atom is -0.484 e. The number of nitrogens with one attached hydrogen (secondary N) is 1. The topological polar surface area (TPSA) is 113 Å². The highest BCUT2D eigenvalue weighted by atomic mass is 32.2. The van der Waals surface area contributed by atoms with Crippen LogP contribution in [0.15, 0.2) is 82.6 Å². The Bertz CT molecular complexity index is 1450. The second-order valence-corrected chi connectivity index (χ2v) is 12.3. The van der Waals surface area contributed by atoms with E-state index in [-0.39, 0.29) is 16.4 Å². The number of carbonyl (C=O) groups excluding carboxylic acids is 1. The minimum atomic E-state index is -3.88. The van der Waals surface area contributed by atoms with Crippen molar-refractivity contribution in [2.45, 2.75) is 22.6 Å². The molecule has 1 aliphatic rings. The lowest BCUT2D eigenvalue weighted by molar-refractivity contribution is -0.118. The summed E-state index contributed by atoms with van der Waals surface area (Å²) in [6, 6.07) is 16.6. The molecule has 12 heteroatoms. The van der Waals surface area contributed by atoms with E-state index in [9.17, 15) is 26.0 Å². The number of carbonyl (C=O) groups is 1. The molecule has 1 saturated heterocycles. The van der Waals surface area contributed by atoms with E-state index >= 15 is 0 Å². The Hall–Kier alpha value is -3.48. The van der Waals surface area contributed by atoms with Crippen LogP contribution in [0.25, 0.3) is 0 Å². The number of nitrogens with zero attached hydrogens (tertiary/aromatic N) is 2. The first kappa shape index (κ1) is 26.6. The lowest BCUT2D eigenvalue weighted by Crippen LogP contribution is -2.27. The molecule has 3 aromatic rings. The van der Waals surface area contributed by atoms with Gasteiger partial charge in [-0.1, -0.05) is 0 Å². The third kappa shape index (κ3) is 6.09. The Balaban J connectivity index is 1.32. The monoisotopic (exact) mass is 547 g/mol. The van der Waals surface area contributed by atoms with Crippen LogP contribution in [0, 0.1) is 5.82 Å². The van der Waals surface area contributed by atoms with E-state index in [2.05, 4.69) is 5.32 Å². The molecule has 0 bridgehead atoms. The average molecular weight is 548 g/mol. The summed E-state index contributed by atoms with van der Waals surface area (Å²) < 4.78 is 71.8. The molecule has 1 N–H and O–H groups in total. The van der Waals surface area contributed by atoms with Crippen LogP contribution in [0.2, 0.25) is 0 Å². The van der Waals surface area contributed by atoms with Crippen molar-refractivity contribution in [2.24, 2.45) is 0 Å². The fourth-order valence-electron chi connectivity index (χ4n) is 3.79. The average Bonchev–Trinajstić information content (AvgIpc) is 3.44. The maximum absolute atomic E-state index is 13.1. The molecule has 1 aliphatic heterocycles. The SMILES string of the molecule is CN(c1ccc(OCC(=O)Nc2ccc(S(=O)(=O)N3CCCC3)cc2)cc1)S(=O)(=O)c1ccc(F)cc1. The lowest BCUT2D eigenvalue weighted by atomic mass is 10.3. The third-order valence-electron chi connectivity index (χ3n) is 5.88. The van der Waals surface area contributed by atoms with Gasteiger partial charge in [-0.2, -0.15) is 4.31 Å². The number of ether oxygens (including phenoxy) is 1. The van der Waals surface area contributed by atoms with Crippen molar-refractivity contribution >= 4 is 37.3 Å². The van der Waals surface area contributed by atoms with Gasteiger partial charge in [0.15, 0.2) is 6.61 Å². The predicted molar refractivity (Wildman–Crippen MR) is 137 cm³/mol. The van der Waals surface area contributed by atoms with Crippen LogP contribution in [0.3, 0.4) is 0 Å². The van der Waals surface area contributed by atoms with Crippen LogP contribution >= 0.6 is 0 Å². The quantitative estimate of drug-likeness (QED) is 0.439. The van der Waals surface area contributed by atoms with Gasteiger partial charge in [0.25, 0.3) is 15.9 Å². The Morgan fingerprint density at radius 3 is 2.05 bits per heavy atom. The van der Waals surface area contributed by atoms with Gasteiger partial charge in [-0.15, -0.1) is 0 Å². The van der Waals surface area contributed by atoms with Crippen LogP contribution in [0.1, 0.15) is 12.8 Å². The molecule has 1 fully saturated rings. The molecule has 0 atom stereocenters. The molecule has 0 unspecified atom stereocenters. The number of anilines is 2. The molecule has 0 spiro atoms. The van der Waals surface area contributed by atoms with Gasteiger partial charge in [-0.3, -0.25) is 9.10 Å². The van der Waals surface area contributed by atoms with Crippen molar-refractivity contribution < 1.29 is 30.8 Å². The van der Waals surface area contributed by atoms with Gasteiger partial charge < -0.3 is 10.1 Å². The second kappa shape index (κ2) is 10.9. The van der Waals surface area contributed by atoms with Crippen LogP contribution in [-0.4, -0.2) is 53.8 Å². The number of benzene rings is 3. The standard InChI is InChI=1S/C25H26FN3O6S2/c1-28(36(31,32)23-12-4-19(26)5-13-23)21-8-10-22(11-9-21)35-18-25(30)27-20-6-14-24(15-7-20)37(33,34)29-16-2-3-17-29/h4-15H,2-3,16-18H2,1H3,(H,27,30). The molecule has 196 valence electrons. The molecular formula is C25H26FN3O6S2. The van der Waals surface area contributed by atoms with Crippen molar-refractivity contribution in [1.82, 2.24) is 4.31 Å². The smallest absolute Gasteiger partial charge is 0.264 e.